The van der Waals surface area contributed by atoms with Crippen molar-refractivity contribution in [2.75, 3.05) is 0 Å². The van der Waals surface area contributed by atoms with Gasteiger partial charge in [0.05, 0.1) is 12.5 Å². The maximum atomic E-state index is 11.2. The van der Waals surface area contributed by atoms with Crippen molar-refractivity contribution in [3.05, 3.63) is 34.5 Å². The standard InChI is InChI=1S/C23H30ClNO6/c24-15-9-10-20-18(12-15)17-7-3-4-8-19(17)25(20)11-5-1-2-6-16(26)13-23(31,22(29)30)14-21(27)28/h9-10,12,16,26,31H,1-8,11,13-14H2,(H,27,28)(H,29,30)/t16-,23+/m0/s1. The predicted molar refractivity (Wildman–Crippen MR) is 118 cm³/mol. The van der Waals surface area contributed by atoms with Crippen molar-refractivity contribution in [1.82, 2.24) is 4.57 Å². The summed E-state index contributed by atoms with van der Waals surface area (Å²) in [4.78, 5) is 22.0. The van der Waals surface area contributed by atoms with Crippen LogP contribution in [0.5, 0.6) is 0 Å². The number of aryl methyl sites for hydroxylation is 2. The van der Waals surface area contributed by atoms with Gasteiger partial charge in [-0.3, -0.25) is 4.79 Å². The molecule has 0 spiro atoms. The van der Waals surface area contributed by atoms with E-state index in [-0.39, 0.29) is 0 Å². The van der Waals surface area contributed by atoms with E-state index in [0.717, 1.165) is 37.3 Å². The Bertz CT molecular complexity index is 955. The number of aliphatic carboxylic acids is 2. The molecule has 1 aliphatic rings. The minimum Gasteiger partial charge on any atom is -0.481 e. The quantitative estimate of drug-likeness (QED) is 0.386. The normalized spacial score (nSPS) is 16.6. The van der Waals surface area contributed by atoms with E-state index in [1.165, 1.54) is 35.0 Å². The molecule has 0 radical (unpaired) electrons. The number of hydrogen-bond donors (Lipinski definition) is 4. The number of fused-ring (bicyclic) bond motifs is 3. The summed E-state index contributed by atoms with van der Waals surface area (Å²) in [5.41, 5.74) is 1.56. The third kappa shape index (κ3) is 5.59. The highest BCUT2D eigenvalue weighted by Gasteiger charge is 2.40. The molecule has 2 aromatic rings. The fourth-order valence-electron chi connectivity index (χ4n) is 4.67. The summed E-state index contributed by atoms with van der Waals surface area (Å²) in [5, 5.41) is 40.1. The summed E-state index contributed by atoms with van der Waals surface area (Å²) in [7, 11) is 0. The van der Waals surface area contributed by atoms with Crippen LogP contribution in [0.15, 0.2) is 18.2 Å². The van der Waals surface area contributed by atoms with Crippen molar-refractivity contribution < 1.29 is 30.0 Å². The van der Waals surface area contributed by atoms with Crippen LogP contribution in [-0.4, -0.2) is 48.6 Å². The van der Waals surface area contributed by atoms with E-state index in [9.17, 15) is 19.8 Å². The van der Waals surface area contributed by atoms with Crippen LogP contribution in [0.1, 0.15) is 62.6 Å². The van der Waals surface area contributed by atoms with Crippen LogP contribution in [0.3, 0.4) is 0 Å². The maximum Gasteiger partial charge on any atom is 0.336 e. The Morgan fingerprint density at radius 1 is 1.13 bits per heavy atom. The lowest BCUT2D eigenvalue weighted by Gasteiger charge is -2.24. The molecule has 0 bridgehead atoms. The topological polar surface area (TPSA) is 120 Å². The number of nitrogens with zero attached hydrogens (tertiary/aromatic N) is 1. The Kier molecular flexibility index (Phi) is 7.62. The minimum atomic E-state index is -2.45. The SMILES string of the molecule is O=C(O)C[C@](O)(C[C@@H](O)CCCCCn1c2c(c3cc(Cl)ccc31)CCCC2)C(=O)O. The summed E-state index contributed by atoms with van der Waals surface area (Å²) in [6.07, 6.45) is 4.75. The average Bonchev–Trinajstić information content (AvgIpc) is 3.00. The zero-order valence-electron chi connectivity index (χ0n) is 17.5. The largest absolute Gasteiger partial charge is 0.481 e. The van der Waals surface area contributed by atoms with Gasteiger partial charge in [-0.2, -0.15) is 0 Å². The Labute approximate surface area is 186 Å². The highest BCUT2D eigenvalue weighted by molar-refractivity contribution is 6.31. The third-order valence-corrected chi connectivity index (χ3v) is 6.41. The molecule has 0 saturated carbocycles. The van der Waals surface area contributed by atoms with Crippen molar-refractivity contribution in [1.29, 1.82) is 0 Å². The number of halogens is 1. The summed E-state index contributed by atoms with van der Waals surface area (Å²) in [6.45, 7) is 0.863. The maximum absolute atomic E-state index is 11.2. The Morgan fingerprint density at radius 3 is 2.58 bits per heavy atom. The molecule has 170 valence electrons. The van der Waals surface area contributed by atoms with Gasteiger partial charge < -0.3 is 25.0 Å². The summed E-state index contributed by atoms with van der Waals surface area (Å²) < 4.78 is 2.38. The van der Waals surface area contributed by atoms with Crippen molar-refractivity contribution in [2.45, 2.75) is 82.5 Å². The zero-order valence-corrected chi connectivity index (χ0v) is 18.3. The molecule has 1 aromatic carbocycles. The molecule has 2 atom stereocenters. The van der Waals surface area contributed by atoms with Gasteiger partial charge in [-0.25, -0.2) is 4.79 Å². The van der Waals surface area contributed by atoms with Crippen LogP contribution in [0.4, 0.5) is 0 Å². The first-order chi connectivity index (χ1) is 14.7. The molecule has 0 saturated heterocycles. The van der Waals surface area contributed by atoms with E-state index in [0.29, 0.717) is 12.8 Å². The number of carboxylic acids is 2. The minimum absolute atomic E-state index is 0.315. The van der Waals surface area contributed by atoms with Crippen LogP contribution in [0, 0.1) is 0 Å². The van der Waals surface area contributed by atoms with E-state index in [4.69, 9.17) is 21.8 Å². The van der Waals surface area contributed by atoms with E-state index in [2.05, 4.69) is 16.7 Å². The fraction of sp³-hybridized carbons (Fsp3) is 0.565. The van der Waals surface area contributed by atoms with Crippen molar-refractivity contribution >= 4 is 34.4 Å². The second kappa shape index (κ2) is 10.0. The number of carbonyl (C=O) groups is 2. The van der Waals surface area contributed by atoms with Gasteiger partial charge in [0.15, 0.2) is 5.60 Å². The third-order valence-electron chi connectivity index (χ3n) is 6.17. The van der Waals surface area contributed by atoms with Gasteiger partial charge in [-0.1, -0.05) is 24.4 Å². The van der Waals surface area contributed by atoms with Crippen molar-refractivity contribution in [3.8, 4) is 0 Å². The Hall–Kier alpha value is -2.09. The van der Waals surface area contributed by atoms with Crippen LogP contribution >= 0.6 is 11.6 Å². The monoisotopic (exact) mass is 451 g/mol. The molecule has 0 amide bonds. The second-order valence-corrected chi connectivity index (χ2v) is 9.00. The van der Waals surface area contributed by atoms with E-state index in [1.54, 1.807) is 0 Å². The van der Waals surface area contributed by atoms with Crippen LogP contribution in [0.25, 0.3) is 10.9 Å². The summed E-state index contributed by atoms with van der Waals surface area (Å²) in [5.74, 6) is -3.04. The van der Waals surface area contributed by atoms with Gasteiger partial charge in [-0.05, 0) is 62.3 Å². The summed E-state index contributed by atoms with van der Waals surface area (Å²) >= 11 is 6.22. The highest BCUT2D eigenvalue weighted by atomic mass is 35.5. The first-order valence-corrected chi connectivity index (χ1v) is 11.2. The number of unbranched alkanes of at least 4 members (excludes halogenated alkanes) is 2. The number of benzene rings is 1. The lowest BCUT2D eigenvalue weighted by atomic mass is 9.90. The smallest absolute Gasteiger partial charge is 0.336 e. The van der Waals surface area contributed by atoms with E-state index in [1.807, 2.05) is 6.07 Å². The van der Waals surface area contributed by atoms with E-state index >= 15 is 0 Å². The van der Waals surface area contributed by atoms with Gasteiger partial charge in [0.1, 0.15) is 0 Å². The Morgan fingerprint density at radius 2 is 1.87 bits per heavy atom. The molecule has 0 fully saturated rings. The predicted octanol–water partition coefficient (Wildman–Crippen LogP) is 3.78. The van der Waals surface area contributed by atoms with Crippen molar-refractivity contribution in [2.24, 2.45) is 0 Å². The summed E-state index contributed by atoms with van der Waals surface area (Å²) in [6, 6.07) is 6.05. The molecule has 0 unspecified atom stereocenters. The molecule has 3 rings (SSSR count). The number of aliphatic hydroxyl groups excluding tert-OH is 1. The fourth-order valence-corrected chi connectivity index (χ4v) is 4.84. The number of rotatable bonds is 11. The van der Waals surface area contributed by atoms with Crippen LogP contribution < -0.4 is 0 Å². The van der Waals surface area contributed by atoms with E-state index < -0.39 is 36.5 Å². The molecular weight excluding hydrogens is 422 g/mol. The average molecular weight is 452 g/mol. The molecule has 7 nitrogen and oxygen atoms in total. The molecule has 1 aromatic heterocycles. The lowest BCUT2D eigenvalue weighted by molar-refractivity contribution is -0.168. The molecule has 31 heavy (non-hydrogen) atoms. The van der Waals surface area contributed by atoms with Gasteiger partial charge in [-0.15, -0.1) is 0 Å². The number of hydrogen-bond acceptors (Lipinski definition) is 4. The second-order valence-electron chi connectivity index (χ2n) is 8.56. The molecule has 8 heteroatoms. The lowest BCUT2D eigenvalue weighted by Crippen LogP contribution is -2.43. The Balaban J connectivity index is 1.54. The number of aliphatic hydroxyl groups is 2. The molecular formula is C23H30ClNO6. The zero-order chi connectivity index (χ0) is 22.6. The first-order valence-electron chi connectivity index (χ1n) is 10.9. The molecule has 0 aliphatic heterocycles. The van der Waals surface area contributed by atoms with Gasteiger partial charge in [0, 0.05) is 34.6 Å². The van der Waals surface area contributed by atoms with Crippen molar-refractivity contribution in [3.63, 3.8) is 0 Å². The van der Waals surface area contributed by atoms with Gasteiger partial charge in [0.2, 0.25) is 0 Å². The van der Waals surface area contributed by atoms with Crippen LogP contribution in [-0.2, 0) is 29.0 Å². The van der Waals surface area contributed by atoms with Crippen LogP contribution in [0.2, 0.25) is 5.02 Å². The first kappa shape index (κ1) is 23.6. The molecule has 1 aliphatic carbocycles. The van der Waals surface area contributed by atoms with Gasteiger partial charge in [0.25, 0.3) is 0 Å². The highest BCUT2D eigenvalue weighted by Crippen LogP contribution is 2.34. The van der Waals surface area contributed by atoms with Gasteiger partial charge >= 0.3 is 11.9 Å². The molecule has 1 heterocycles. The number of carboxylic acid groups (broad SMARTS) is 2. The number of aromatic nitrogens is 1. The molecule has 4 N–H and O–H groups in total.